The Balaban J connectivity index is 2.29. The van der Waals surface area contributed by atoms with E-state index in [1.165, 1.54) is 12.1 Å². The van der Waals surface area contributed by atoms with Crippen LogP contribution in [-0.2, 0) is 4.79 Å². The van der Waals surface area contributed by atoms with E-state index < -0.39 is 11.9 Å². The molecule has 0 aliphatic carbocycles. The van der Waals surface area contributed by atoms with E-state index in [2.05, 4.69) is 5.32 Å². The second kappa shape index (κ2) is 5.63. The third-order valence-corrected chi connectivity index (χ3v) is 2.86. The number of anilines is 1. The van der Waals surface area contributed by atoms with Crippen molar-refractivity contribution >= 4 is 23.2 Å². The van der Waals surface area contributed by atoms with Crippen LogP contribution in [0.25, 0.3) is 0 Å². The second-order valence-electron chi connectivity index (χ2n) is 4.09. The first-order valence-electron chi connectivity index (χ1n) is 5.66. The summed E-state index contributed by atoms with van der Waals surface area (Å²) >= 11 is 5.88. The lowest BCUT2D eigenvalue weighted by Crippen LogP contribution is -2.27. The molecular weight excluding hydrogens is 264 g/mol. The molecule has 0 heterocycles. The minimum absolute atomic E-state index is 0.0802. The number of benzene rings is 2. The Kier molecular flexibility index (Phi) is 3.92. The zero-order chi connectivity index (χ0) is 13.8. The molecule has 4 nitrogen and oxygen atoms in total. The van der Waals surface area contributed by atoms with E-state index in [0.29, 0.717) is 16.3 Å². The number of phenols is 1. The average Bonchev–Trinajstić information content (AvgIpc) is 2.35. The number of aromatic hydroxyl groups is 1. The number of carbonyl (C=O) groups excluding carboxylic acids is 1. The van der Waals surface area contributed by atoms with Crippen LogP contribution in [0.2, 0.25) is 5.02 Å². The highest BCUT2D eigenvalue weighted by Crippen LogP contribution is 2.24. The molecule has 0 spiro atoms. The zero-order valence-electron chi connectivity index (χ0n) is 10.0. The molecule has 98 valence electrons. The van der Waals surface area contributed by atoms with E-state index in [1.807, 2.05) is 0 Å². The molecule has 1 amide bonds. The van der Waals surface area contributed by atoms with Gasteiger partial charge in [0.25, 0.3) is 0 Å². The lowest BCUT2D eigenvalue weighted by molar-refractivity contribution is -0.118. The van der Waals surface area contributed by atoms with E-state index in [1.54, 1.807) is 36.4 Å². The molecule has 0 bridgehead atoms. The predicted molar refractivity (Wildman–Crippen MR) is 75.1 cm³/mol. The van der Waals surface area contributed by atoms with Gasteiger partial charge in [-0.15, -0.1) is 0 Å². The van der Waals surface area contributed by atoms with Crippen LogP contribution < -0.4 is 11.1 Å². The van der Waals surface area contributed by atoms with Crippen molar-refractivity contribution in [1.29, 1.82) is 0 Å². The van der Waals surface area contributed by atoms with E-state index in [-0.39, 0.29) is 5.75 Å². The highest BCUT2D eigenvalue weighted by atomic mass is 35.5. The molecule has 0 aromatic heterocycles. The van der Waals surface area contributed by atoms with Gasteiger partial charge in [-0.05, 0) is 35.9 Å². The predicted octanol–water partition coefficient (Wildman–Crippen LogP) is 2.68. The van der Waals surface area contributed by atoms with Gasteiger partial charge in [0, 0.05) is 10.7 Å². The Morgan fingerprint density at radius 3 is 2.58 bits per heavy atom. The fourth-order valence-corrected chi connectivity index (χ4v) is 1.96. The summed E-state index contributed by atoms with van der Waals surface area (Å²) in [7, 11) is 0. The number of nitrogens with one attached hydrogen (secondary N) is 1. The molecule has 0 saturated heterocycles. The number of carbonyl (C=O) groups is 1. The maximum atomic E-state index is 11.5. The van der Waals surface area contributed by atoms with Crippen LogP contribution in [-0.4, -0.2) is 11.0 Å². The normalized spacial score (nSPS) is 11.8. The van der Waals surface area contributed by atoms with E-state index >= 15 is 0 Å². The van der Waals surface area contributed by atoms with Gasteiger partial charge in [-0.3, -0.25) is 4.79 Å². The summed E-state index contributed by atoms with van der Waals surface area (Å²) in [6.07, 6.45) is 0. The fourth-order valence-electron chi connectivity index (χ4n) is 1.77. The highest BCUT2D eigenvalue weighted by molar-refractivity contribution is 6.30. The van der Waals surface area contributed by atoms with Crippen LogP contribution in [0.5, 0.6) is 5.75 Å². The number of amides is 1. The average molecular weight is 277 g/mol. The summed E-state index contributed by atoms with van der Waals surface area (Å²) in [5, 5.41) is 13.0. The molecule has 5 heteroatoms. The molecule has 2 rings (SSSR count). The van der Waals surface area contributed by atoms with Crippen molar-refractivity contribution in [2.75, 3.05) is 5.32 Å². The van der Waals surface area contributed by atoms with Gasteiger partial charge in [-0.25, -0.2) is 0 Å². The number of nitrogens with two attached hydrogens (primary N) is 1. The van der Waals surface area contributed by atoms with Gasteiger partial charge < -0.3 is 16.2 Å². The van der Waals surface area contributed by atoms with Crippen LogP contribution in [0, 0.1) is 0 Å². The standard InChI is InChI=1S/C14H13ClN2O2/c15-10-4-2-5-11(8-10)17-13(14(16)19)9-3-1-6-12(18)7-9/h1-8,13,17-18H,(H2,16,19). The Hall–Kier alpha value is -2.20. The lowest BCUT2D eigenvalue weighted by atomic mass is 10.1. The number of phenolic OH excluding ortho intramolecular Hbond substituents is 1. The maximum Gasteiger partial charge on any atom is 0.244 e. The van der Waals surface area contributed by atoms with Crippen molar-refractivity contribution in [2.24, 2.45) is 5.73 Å². The van der Waals surface area contributed by atoms with Gasteiger partial charge in [0.15, 0.2) is 0 Å². The molecule has 0 aliphatic heterocycles. The largest absolute Gasteiger partial charge is 0.508 e. The Bertz CT molecular complexity index is 602. The molecule has 2 aromatic rings. The summed E-state index contributed by atoms with van der Waals surface area (Å²) < 4.78 is 0. The van der Waals surface area contributed by atoms with Gasteiger partial charge in [0.05, 0.1) is 0 Å². The van der Waals surface area contributed by atoms with Crippen molar-refractivity contribution in [1.82, 2.24) is 0 Å². The molecule has 4 N–H and O–H groups in total. The van der Waals surface area contributed by atoms with Crippen molar-refractivity contribution in [3.8, 4) is 5.75 Å². The number of halogens is 1. The summed E-state index contributed by atoms with van der Waals surface area (Å²) in [5.41, 5.74) is 6.66. The molecule has 19 heavy (non-hydrogen) atoms. The maximum absolute atomic E-state index is 11.5. The van der Waals surface area contributed by atoms with E-state index in [4.69, 9.17) is 17.3 Å². The molecule has 0 saturated carbocycles. The topological polar surface area (TPSA) is 75.4 Å². The van der Waals surface area contributed by atoms with Gasteiger partial charge >= 0.3 is 0 Å². The van der Waals surface area contributed by atoms with Gasteiger partial charge in [-0.1, -0.05) is 29.8 Å². The van der Waals surface area contributed by atoms with Crippen molar-refractivity contribution in [3.63, 3.8) is 0 Å². The van der Waals surface area contributed by atoms with Crippen molar-refractivity contribution < 1.29 is 9.90 Å². The van der Waals surface area contributed by atoms with Gasteiger partial charge in [0.1, 0.15) is 11.8 Å². The molecule has 2 aromatic carbocycles. The number of hydrogen-bond donors (Lipinski definition) is 3. The first-order valence-corrected chi connectivity index (χ1v) is 6.04. The zero-order valence-corrected chi connectivity index (χ0v) is 10.8. The smallest absolute Gasteiger partial charge is 0.244 e. The molecule has 1 unspecified atom stereocenters. The minimum Gasteiger partial charge on any atom is -0.508 e. The number of rotatable bonds is 4. The Morgan fingerprint density at radius 2 is 1.95 bits per heavy atom. The quantitative estimate of drug-likeness (QED) is 0.804. The third-order valence-electron chi connectivity index (χ3n) is 2.62. The monoisotopic (exact) mass is 276 g/mol. The summed E-state index contributed by atoms with van der Waals surface area (Å²) in [4.78, 5) is 11.5. The van der Waals surface area contributed by atoms with Crippen LogP contribution in [0.15, 0.2) is 48.5 Å². The van der Waals surface area contributed by atoms with Crippen molar-refractivity contribution in [3.05, 3.63) is 59.1 Å². The van der Waals surface area contributed by atoms with Gasteiger partial charge in [-0.2, -0.15) is 0 Å². The van der Waals surface area contributed by atoms with Crippen LogP contribution in [0.1, 0.15) is 11.6 Å². The third kappa shape index (κ3) is 3.39. The summed E-state index contributed by atoms with van der Waals surface area (Å²) in [6, 6.07) is 12.6. The lowest BCUT2D eigenvalue weighted by Gasteiger charge is -2.17. The first kappa shape index (κ1) is 13.2. The molecule has 0 radical (unpaired) electrons. The van der Waals surface area contributed by atoms with Crippen molar-refractivity contribution in [2.45, 2.75) is 6.04 Å². The summed E-state index contributed by atoms with van der Waals surface area (Å²) in [6.45, 7) is 0. The number of hydrogen-bond acceptors (Lipinski definition) is 3. The molecule has 1 atom stereocenters. The van der Waals surface area contributed by atoms with E-state index in [0.717, 1.165) is 0 Å². The molecular formula is C14H13ClN2O2. The van der Waals surface area contributed by atoms with Gasteiger partial charge in [0.2, 0.25) is 5.91 Å². The Morgan fingerprint density at radius 1 is 1.21 bits per heavy atom. The van der Waals surface area contributed by atoms with Crippen LogP contribution in [0.3, 0.4) is 0 Å². The summed E-state index contributed by atoms with van der Waals surface area (Å²) in [5.74, 6) is -0.456. The SMILES string of the molecule is NC(=O)C(Nc1cccc(Cl)c1)c1cccc(O)c1. The minimum atomic E-state index is -0.731. The molecule has 0 fully saturated rings. The van der Waals surface area contributed by atoms with E-state index in [9.17, 15) is 9.90 Å². The second-order valence-corrected chi connectivity index (χ2v) is 4.52. The number of primary amides is 1. The first-order chi connectivity index (χ1) is 9.06. The fraction of sp³-hybridized carbons (Fsp3) is 0.0714. The highest BCUT2D eigenvalue weighted by Gasteiger charge is 2.18. The Labute approximate surface area is 115 Å². The van der Waals surface area contributed by atoms with Crippen LogP contribution in [0.4, 0.5) is 5.69 Å². The van der Waals surface area contributed by atoms with Crippen LogP contribution >= 0.6 is 11.6 Å². The molecule has 0 aliphatic rings.